The van der Waals surface area contributed by atoms with Gasteiger partial charge in [-0.1, -0.05) is 51.1 Å². The number of hydrogen-bond acceptors (Lipinski definition) is 6. The molecule has 0 radical (unpaired) electrons. The van der Waals surface area contributed by atoms with Crippen LogP contribution in [0.5, 0.6) is 0 Å². The summed E-state index contributed by atoms with van der Waals surface area (Å²) in [6, 6.07) is 1.78. The maximum Gasteiger partial charge on any atom is 0.500 e. The molecule has 0 aliphatic rings. The first-order chi connectivity index (χ1) is 12.5. The first-order valence-electron chi connectivity index (χ1n) is 8.92. The largest absolute Gasteiger partial charge is 0.500 e. The highest BCUT2D eigenvalue weighted by Gasteiger charge is 2.37. The summed E-state index contributed by atoms with van der Waals surface area (Å²) in [5, 5.41) is 2.07. The zero-order chi connectivity index (χ0) is 20.3. The van der Waals surface area contributed by atoms with Crippen molar-refractivity contribution in [3.05, 3.63) is 0 Å². The van der Waals surface area contributed by atoms with Crippen LogP contribution in [0.2, 0.25) is 12.1 Å². The van der Waals surface area contributed by atoms with E-state index >= 15 is 0 Å². The first kappa shape index (κ1) is 29.4. The molecule has 0 amide bonds. The molecule has 0 spiro atoms. The Morgan fingerprint density at radius 3 is 1.12 bits per heavy atom. The van der Waals surface area contributed by atoms with Gasteiger partial charge in [-0.3, -0.25) is 0 Å². The van der Waals surface area contributed by atoms with Gasteiger partial charge in [0, 0.05) is 65.4 Å². The monoisotopic (exact) mass is 540 g/mol. The second-order valence-corrected chi connectivity index (χ2v) is 13.4. The van der Waals surface area contributed by atoms with E-state index in [4.69, 9.17) is 26.6 Å². The van der Waals surface area contributed by atoms with Crippen LogP contribution in [0.25, 0.3) is 0 Å². The van der Waals surface area contributed by atoms with Crippen molar-refractivity contribution in [1.29, 1.82) is 0 Å². The van der Waals surface area contributed by atoms with Gasteiger partial charge in [-0.05, 0) is 19.3 Å². The maximum absolute atomic E-state index is 5.35. The highest BCUT2D eigenvalue weighted by atomic mass is 79.9. The molecule has 0 N–H and O–H groups in total. The number of halogens is 2. The summed E-state index contributed by atoms with van der Waals surface area (Å²) in [6.45, 7) is 0. The number of alkyl halides is 2. The van der Waals surface area contributed by atoms with E-state index in [0.29, 0.717) is 0 Å². The Morgan fingerprint density at radius 1 is 0.462 bits per heavy atom. The van der Waals surface area contributed by atoms with E-state index < -0.39 is 17.6 Å². The Kier molecular flexibility index (Phi) is 22.0. The van der Waals surface area contributed by atoms with Crippen LogP contribution in [0.1, 0.15) is 38.5 Å². The molecule has 0 aromatic carbocycles. The molecule has 0 saturated heterocycles. The number of rotatable bonds is 16. The predicted octanol–water partition coefficient (Wildman–Crippen LogP) is 4.86. The molecular weight excluding hydrogens is 504 g/mol. The van der Waals surface area contributed by atoms with Gasteiger partial charge in [0.05, 0.1) is 0 Å². The lowest BCUT2D eigenvalue weighted by molar-refractivity contribution is 0.122. The molecule has 0 aliphatic carbocycles. The zero-order valence-corrected chi connectivity index (χ0v) is 22.4. The lowest BCUT2D eigenvalue weighted by Gasteiger charge is -2.24. The average Bonchev–Trinajstić information content (AvgIpc) is 2.70. The summed E-state index contributed by atoms with van der Waals surface area (Å²) in [4.78, 5) is 0. The fourth-order valence-corrected chi connectivity index (χ4v) is 7.07. The zero-order valence-electron chi connectivity index (χ0n) is 17.3. The third kappa shape index (κ3) is 13.4. The molecule has 10 heteroatoms. The van der Waals surface area contributed by atoms with Crippen molar-refractivity contribution < 1.29 is 26.6 Å². The van der Waals surface area contributed by atoms with Gasteiger partial charge in [-0.15, -0.1) is 0 Å². The van der Waals surface area contributed by atoms with E-state index in [1.165, 1.54) is 25.7 Å². The van der Waals surface area contributed by atoms with Gasteiger partial charge >= 0.3 is 17.6 Å². The molecule has 26 heavy (non-hydrogen) atoms. The van der Waals surface area contributed by atoms with Gasteiger partial charge in [0.25, 0.3) is 0 Å². The minimum Gasteiger partial charge on any atom is -0.377 e. The Hall–Kier alpha value is 1.15. The van der Waals surface area contributed by atoms with Crippen molar-refractivity contribution in [2.75, 3.05) is 53.3 Å². The molecule has 0 fully saturated rings. The average molecular weight is 542 g/mol. The molecule has 0 heterocycles. The molecule has 0 aliphatic heterocycles. The SMILES string of the molecule is CO[Si](CCCBr)(OC)OC.CO[Si](CCCCCCCBr)(OC)OC. The second kappa shape index (κ2) is 19.5. The van der Waals surface area contributed by atoms with Crippen LogP contribution in [0.4, 0.5) is 0 Å². The lowest BCUT2D eigenvalue weighted by Crippen LogP contribution is -2.42. The molecule has 0 bridgehead atoms. The van der Waals surface area contributed by atoms with Crippen molar-refractivity contribution >= 4 is 49.5 Å². The molecule has 0 rings (SSSR count). The van der Waals surface area contributed by atoms with E-state index in [-0.39, 0.29) is 0 Å². The minimum atomic E-state index is -2.30. The van der Waals surface area contributed by atoms with Crippen LogP contribution < -0.4 is 0 Å². The molecule has 160 valence electrons. The van der Waals surface area contributed by atoms with E-state index in [1.807, 2.05) is 0 Å². The fourth-order valence-electron chi connectivity index (χ4n) is 2.36. The quantitative estimate of drug-likeness (QED) is 0.158. The molecule has 0 saturated carbocycles. The van der Waals surface area contributed by atoms with Crippen LogP contribution in [0.15, 0.2) is 0 Å². The highest BCUT2D eigenvalue weighted by molar-refractivity contribution is 9.09. The van der Waals surface area contributed by atoms with Crippen molar-refractivity contribution in [1.82, 2.24) is 0 Å². The van der Waals surface area contributed by atoms with Crippen LogP contribution in [0, 0.1) is 0 Å². The Morgan fingerprint density at radius 2 is 0.769 bits per heavy atom. The third-order valence-corrected chi connectivity index (χ3v) is 10.9. The molecule has 0 aromatic heterocycles. The fraction of sp³-hybridized carbons (Fsp3) is 1.00. The minimum absolute atomic E-state index is 0.863. The van der Waals surface area contributed by atoms with Gasteiger partial charge in [0.2, 0.25) is 0 Å². The summed E-state index contributed by atoms with van der Waals surface area (Å²) in [5.74, 6) is 0. The van der Waals surface area contributed by atoms with Gasteiger partial charge in [-0.2, -0.15) is 0 Å². The lowest BCUT2D eigenvalue weighted by atomic mass is 10.2. The van der Waals surface area contributed by atoms with E-state index in [0.717, 1.165) is 35.6 Å². The summed E-state index contributed by atoms with van der Waals surface area (Å²) in [5.41, 5.74) is 0. The molecule has 6 nitrogen and oxygen atoms in total. The van der Waals surface area contributed by atoms with E-state index in [1.54, 1.807) is 42.7 Å². The summed E-state index contributed by atoms with van der Waals surface area (Å²) >= 11 is 6.78. The Labute approximate surface area is 179 Å². The van der Waals surface area contributed by atoms with Crippen molar-refractivity contribution in [2.24, 2.45) is 0 Å². The summed E-state index contributed by atoms with van der Waals surface area (Å²) < 4.78 is 31.7. The maximum atomic E-state index is 5.35. The van der Waals surface area contributed by atoms with Crippen molar-refractivity contribution in [3.63, 3.8) is 0 Å². The second-order valence-electron chi connectivity index (χ2n) is 5.59. The molecule has 0 unspecified atom stereocenters. The van der Waals surface area contributed by atoms with E-state index in [2.05, 4.69) is 31.9 Å². The molecule has 0 aromatic rings. The predicted molar refractivity (Wildman–Crippen MR) is 118 cm³/mol. The summed E-state index contributed by atoms with van der Waals surface area (Å²) in [6.07, 6.45) is 7.23. The van der Waals surface area contributed by atoms with Crippen LogP contribution in [0.3, 0.4) is 0 Å². The van der Waals surface area contributed by atoms with Gasteiger partial charge in [0.1, 0.15) is 0 Å². The van der Waals surface area contributed by atoms with Crippen molar-refractivity contribution in [2.45, 2.75) is 50.6 Å². The van der Waals surface area contributed by atoms with Crippen LogP contribution in [-0.2, 0) is 26.6 Å². The number of unbranched alkanes of at least 4 members (excludes halogenated alkanes) is 4. The van der Waals surface area contributed by atoms with Crippen LogP contribution >= 0.6 is 31.9 Å². The third-order valence-electron chi connectivity index (χ3n) is 4.10. The smallest absolute Gasteiger partial charge is 0.377 e. The highest BCUT2D eigenvalue weighted by Crippen LogP contribution is 2.18. The van der Waals surface area contributed by atoms with E-state index in [9.17, 15) is 0 Å². The summed E-state index contributed by atoms with van der Waals surface area (Å²) in [7, 11) is 5.35. The van der Waals surface area contributed by atoms with Crippen molar-refractivity contribution in [3.8, 4) is 0 Å². The number of hydrogen-bond donors (Lipinski definition) is 0. The molecule has 0 atom stereocenters. The van der Waals surface area contributed by atoms with Gasteiger partial charge < -0.3 is 26.6 Å². The normalized spacial score (nSPS) is 12.0. The van der Waals surface area contributed by atoms with Crippen LogP contribution in [-0.4, -0.2) is 70.9 Å². The van der Waals surface area contributed by atoms with Gasteiger partial charge in [0.15, 0.2) is 0 Å². The first-order valence-corrected chi connectivity index (χ1v) is 15.0. The standard InChI is InChI=1S/C10H23BrO3Si.C6H15BrO3Si/c1-12-15(13-2,14-3)10-8-6-4-5-7-9-11;1-8-11(9-2,10-3)6-4-5-7/h4-10H2,1-3H3;4-6H2,1-3H3. The Balaban J connectivity index is 0. The Bertz CT molecular complexity index is 279. The molecular formula is C16H38Br2O6Si2. The topological polar surface area (TPSA) is 55.4 Å². The van der Waals surface area contributed by atoms with Gasteiger partial charge in [-0.25, -0.2) is 0 Å².